The van der Waals surface area contributed by atoms with Crippen molar-refractivity contribution in [2.45, 2.75) is 38.6 Å². The second-order valence-corrected chi connectivity index (χ2v) is 7.13. The molecule has 2 aliphatic rings. The summed E-state index contributed by atoms with van der Waals surface area (Å²) in [6.07, 6.45) is 5.97. The molecule has 2 aromatic heterocycles. The summed E-state index contributed by atoms with van der Waals surface area (Å²) < 4.78 is 5.59. The second-order valence-electron chi connectivity index (χ2n) is 7.13. The van der Waals surface area contributed by atoms with E-state index >= 15 is 0 Å². The monoisotopic (exact) mass is 340 g/mol. The summed E-state index contributed by atoms with van der Waals surface area (Å²) >= 11 is 0. The Balaban J connectivity index is 1.54. The molecule has 0 spiro atoms. The molecular formula is C19H24N4O2. The molecule has 0 radical (unpaired) electrons. The number of hydrogen-bond acceptors (Lipinski definition) is 5. The Kier molecular flexibility index (Phi) is 4.42. The van der Waals surface area contributed by atoms with Crippen molar-refractivity contribution in [3.8, 4) is 0 Å². The van der Waals surface area contributed by atoms with Gasteiger partial charge < -0.3 is 14.2 Å². The highest BCUT2D eigenvalue weighted by Crippen LogP contribution is 2.35. The standard InChI is InChI=1S/C19H24N4O2/c1-14-8-11-23(16(13-14)17-5-4-12-25-17)19(24)15-6-7-18(21-20-15)22-9-2-3-10-22/h4-7,12,14,16H,2-3,8-11,13H2,1H3/t14-,16+/m0/s1. The van der Waals surface area contributed by atoms with E-state index in [0.29, 0.717) is 11.6 Å². The first-order valence-corrected chi connectivity index (χ1v) is 9.15. The third-order valence-corrected chi connectivity index (χ3v) is 5.30. The SMILES string of the molecule is C[C@H]1CCN(C(=O)c2ccc(N3CCCC3)nn2)[C@@H](c2ccco2)C1. The Hall–Kier alpha value is -2.37. The molecule has 132 valence electrons. The number of piperidine rings is 1. The van der Waals surface area contributed by atoms with Gasteiger partial charge in [0.1, 0.15) is 5.76 Å². The van der Waals surface area contributed by atoms with Crippen molar-refractivity contribution in [3.63, 3.8) is 0 Å². The number of carbonyl (C=O) groups excluding carboxylic acids is 1. The van der Waals surface area contributed by atoms with Gasteiger partial charge >= 0.3 is 0 Å². The minimum atomic E-state index is -0.0613. The molecule has 4 rings (SSSR count). The maximum atomic E-state index is 13.0. The zero-order valence-electron chi connectivity index (χ0n) is 14.6. The van der Waals surface area contributed by atoms with E-state index in [1.54, 1.807) is 12.3 Å². The molecule has 0 unspecified atom stereocenters. The summed E-state index contributed by atoms with van der Waals surface area (Å²) in [6.45, 7) is 4.99. The van der Waals surface area contributed by atoms with Crippen molar-refractivity contribution in [2.75, 3.05) is 24.5 Å². The molecule has 2 fully saturated rings. The summed E-state index contributed by atoms with van der Waals surface area (Å²) in [5.74, 6) is 2.22. The quantitative estimate of drug-likeness (QED) is 0.858. The lowest BCUT2D eigenvalue weighted by Gasteiger charge is -2.37. The first kappa shape index (κ1) is 16.1. The van der Waals surface area contributed by atoms with Gasteiger partial charge in [0.15, 0.2) is 11.5 Å². The third-order valence-electron chi connectivity index (χ3n) is 5.30. The molecule has 2 atom stereocenters. The number of hydrogen-bond donors (Lipinski definition) is 0. The zero-order chi connectivity index (χ0) is 17.2. The topological polar surface area (TPSA) is 62.5 Å². The number of anilines is 1. The Morgan fingerprint density at radius 2 is 2.00 bits per heavy atom. The van der Waals surface area contributed by atoms with Gasteiger partial charge in [-0.3, -0.25) is 4.79 Å². The molecule has 0 saturated carbocycles. The van der Waals surface area contributed by atoms with E-state index in [2.05, 4.69) is 22.0 Å². The molecule has 2 aromatic rings. The molecular weight excluding hydrogens is 316 g/mol. The van der Waals surface area contributed by atoms with E-state index in [0.717, 1.165) is 44.1 Å². The number of amides is 1. The van der Waals surface area contributed by atoms with E-state index in [4.69, 9.17) is 4.42 Å². The van der Waals surface area contributed by atoms with Gasteiger partial charge in [0.05, 0.1) is 12.3 Å². The third kappa shape index (κ3) is 3.25. The molecule has 25 heavy (non-hydrogen) atoms. The van der Waals surface area contributed by atoms with Gasteiger partial charge in [-0.05, 0) is 55.9 Å². The van der Waals surface area contributed by atoms with Gasteiger partial charge in [-0.15, -0.1) is 10.2 Å². The number of nitrogens with zero attached hydrogens (tertiary/aromatic N) is 4. The van der Waals surface area contributed by atoms with E-state index in [-0.39, 0.29) is 11.9 Å². The summed E-state index contributed by atoms with van der Waals surface area (Å²) in [5, 5.41) is 8.50. The zero-order valence-corrected chi connectivity index (χ0v) is 14.6. The first-order valence-electron chi connectivity index (χ1n) is 9.15. The number of furan rings is 1. The Bertz CT molecular complexity index is 708. The summed E-state index contributed by atoms with van der Waals surface area (Å²) in [5.41, 5.74) is 0.411. The minimum Gasteiger partial charge on any atom is -0.467 e. The molecule has 0 aliphatic carbocycles. The first-order chi connectivity index (χ1) is 12.2. The fourth-order valence-electron chi connectivity index (χ4n) is 3.84. The van der Waals surface area contributed by atoms with Crippen molar-refractivity contribution >= 4 is 11.7 Å². The van der Waals surface area contributed by atoms with Gasteiger partial charge in [0.25, 0.3) is 5.91 Å². The van der Waals surface area contributed by atoms with Crippen molar-refractivity contribution in [1.82, 2.24) is 15.1 Å². The Morgan fingerprint density at radius 1 is 1.16 bits per heavy atom. The van der Waals surface area contributed by atoms with Crippen LogP contribution in [-0.2, 0) is 0 Å². The van der Waals surface area contributed by atoms with Gasteiger partial charge in [0, 0.05) is 19.6 Å². The number of carbonyl (C=O) groups is 1. The fourth-order valence-corrected chi connectivity index (χ4v) is 3.84. The Labute approximate surface area is 147 Å². The molecule has 6 nitrogen and oxygen atoms in total. The van der Waals surface area contributed by atoms with Crippen LogP contribution in [0.5, 0.6) is 0 Å². The van der Waals surface area contributed by atoms with Crippen LogP contribution in [0.15, 0.2) is 34.9 Å². The fraction of sp³-hybridized carbons (Fsp3) is 0.526. The highest BCUT2D eigenvalue weighted by atomic mass is 16.3. The van der Waals surface area contributed by atoms with Crippen LogP contribution in [0.25, 0.3) is 0 Å². The smallest absolute Gasteiger partial charge is 0.274 e. The lowest BCUT2D eigenvalue weighted by molar-refractivity contribution is 0.0514. The van der Waals surface area contributed by atoms with Gasteiger partial charge in [0.2, 0.25) is 0 Å². The molecule has 0 aromatic carbocycles. The highest BCUT2D eigenvalue weighted by Gasteiger charge is 2.34. The number of aromatic nitrogens is 2. The van der Waals surface area contributed by atoms with Crippen molar-refractivity contribution in [2.24, 2.45) is 5.92 Å². The van der Waals surface area contributed by atoms with E-state index in [9.17, 15) is 4.79 Å². The van der Waals surface area contributed by atoms with E-state index in [1.807, 2.05) is 23.1 Å². The largest absolute Gasteiger partial charge is 0.467 e. The second kappa shape index (κ2) is 6.86. The van der Waals surface area contributed by atoms with Crippen LogP contribution in [0.1, 0.15) is 54.9 Å². The lowest BCUT2D eigenvalue weighted by Crippen LogP contribution is -2.41. The van der Waals surface area contributed by atoms with E-state index in [1.165, 1.54) is 12.8 Å². The van der Waals surface area contributed by atoms with Crippen molar-refractivity contribution in [3.05, 3.63) is 42.0 Å². The minimum absolute atomic E-state index is 0.0219. The van der Waals surface area contributed by atoms with Crippen LogP contribution in [0.2, 0.25) is 0 Å². The van der Waals surface area contributed by atoms with Gasteiger partial charge in [-0.2, -0.15) is 0 Å². The maximum Gasteiger partial charge on any atom is 0.274 e. The van der Waals surface area contributed by atoms with Crippen LogP contribution in [-0.4, -0.2) is 40.6 Å². The molecule has 0 bridgehead atoms. The van der Waals surface area contributed by atoms with Gasteiger partial charge in [-0.1, -0.05) is 6.92 Å². The van der Waals surface area contributed by atoms with Crippen molar-refractivity contribution in [1.29, 1.82) is 0 Å². The van der Waals surface area contributed by atoms with Crippen molar-refractivity contribution < 1.29 is 9.21 Å². The predicted molar refractivity (Wildman–Crippen MR) is 94.4 cm³/mol. The highest BCUT2D eigenvalue weighted by molar-refractivity contribution is 5.92. The molecule has 1 amide bonds. The predicted octanol–water partition coefficient (Wildman–Crippen LogP) is 3.28. The summed E-state index contributed by atoms with van der Waals surface area (Å²) in [7, 11) is 0. The molecule has 0 N–H and O–H groups in total. The van der Waals surface area contributed by atoms with E-state index < -0.39 is 0 Å². The van der Waals surface area contributed by atoms with Crippen LogP contribution >= 0.6 is 0 Å². The average molecular weight is 340 g/mol. The molecule has 6 heteroatoms. The number of rotatable bonds is 3. The van der Waals surface area contributed by atoms with Crippen LogP contribution in [0.3, 0.4) is 0 Å². The maximum absolute atomic E-state index is 13.0. The summed E-state index contributed by atoms with van der Waals surface area (Å²) in [6, 6.07) is 7.53. The Morgan fingerprint density at radius 3 is 2.68 bits per heavy atom. The lowest BCUT2D eigenvalue weighted by atomic mass is 9.91. The summed E-state index contributed by atoms with van der Waals surface area (Å²) in [4.78, 5) is 17.1. The molecule has 4 heterocycles. The molecule has 2 saturated heterocycles. The average Bonchev–Trinajstić information content (AvgIpc) is 3.35. The van der Waals surface area contributed by atoms with Crippen LogP contribution < -0.4 is 4.90 Å². The van der Waals surface area contributed by atoms with Crippen LogP contribution in [0, 0.1) is 5.92 Å². The van der Waals surface area contributed by atoms with Crippen LogP contribution in [0.4, 0.5) is 5.82 Å². The normalized spacial score (nSPS) is 23.9. The molecule has 2 aliphatic heterocycles. The number of likely N-dealkylation sites (tertiary alicyclic amines) is 1. The van der Waals surface area contributed by atoms with Gasteiger partial charge in [-0.25, -0.2) is 0 Å².